The van der Waals surface area contributed by atoms with E-state index in [4.69, 9.17) is 5.73 Å². The molecular formula is C15H23N5S. The van der Waals surface area contributed by atoms with Gasteiger partial charge in [0.05, 0.1) is 5.39 Å². The number of nitrogens with two attached hydrogens (primary N) is 1. The molecule has 2 aromatic rings. The van der Waals surface area contributed by atoms with Crippen LogP contribution in [0.3, 0.4) is 0 Å². The monoisotopic (exact) mass is 305 g/mol. The first-order valence-electron chi connectivity index (χ1n) is 7.58. The number of anilines is 1. The quantitative estimate of drug-likeness (QED) is 0.933. The first-order chi connectivity index (χ1) is 10.2. The zero-order valence-electron chi connectivity index (χ0n) is 12.8. The van der Waals surface area contributed by atoms with Crippen LogP contribution in [0.5, 0.6) is 0 Å². The molecule has 0 bridgehead atoms. The molecule has 0 aliphatic carbocycles. The third-order valence-electron chi connectivity index (χ3n) is 4.30. The smallest absolute Gasteiger partial charge is 0.141 e. The maximum absolute atomic E-state index is 5.59. The molecule has 0 radical (unpaired) electrons. The van der Waals surface area contributed by atoms with Gasteiger partial charge in [-0.3, -0.25) is 4.90 Å². The molecule has 21 heavy (non-hydrogen) atoms. The molecule has 0 spiro atoms. The van der Waals surface area contributed by atoms with Gasteiger partial charge in [0.25, 0.3) is 0 Å². The highest BCUT2D eigenvalue weighted by molar-refractivity contribution is 7.18. The van der Waals surface area contributed by atoms with E-state index < -0.39 is 0 Å². The molecule has 6 heteroatoms. The lowest BCUT2D eigenvalue weighted by atomic mass is 10.2. The summed E-state index contributed by atoms with van der Waals surface area (Å²) in [6, 6.07) is 0. The van der Waals surface area contributed by atoms with Crippen LogP contribution >= 0.6 is 11.3 Å². The fraction of sp³-hybridized carbons (Fsp3) is 0.600. The average molecular weight is 305 g/mol. The van der Waals surface area contributed by atoms with Crippen molar-refractivity contribution in [2.24, 2.45) is 5.73 Å². The van der Waals surface area contributed by atoms with Crippen molar-refractivity contribution < 1.29 is 0 Å². The lowest BCUT2D eigenvalue weighted by molar-refractivity contribution is 0.256. The van der Waals surface area contributed by atoms with E-state index in [9.17, 15) is 0 Å². The largest absolute Gasteiger partial charge is 0.353 e. The number of aromatic nitrogens is 2. The standard InChI is InChI=1S/C15H23N5S/c1-11-12(2)21-15-13(11)14(17-10-18-15)20-8-6-19(7-9-20)5-3-4-16/h10H,3-9,16H2,1-2H3. The summed E-state index contributed by atoms with van der Waals surface area (Å²) < 4.78 is 0. The van der Waals surface area contributed by atoms with E-state index in [1.54, 1.807) is 17.7 Å². The zero-order valence-corrected chi connectivity index (χ0v) is 13.6. The van der Waals surface area contributed by atoms with E-state index in [-0.39, 0.29) is 0 Å². The van der Waals surface area contributed by atoms with Gasteiger partial charge in [0.15, 0.2) is 0 Å². The van der Waals surface area contributed by atoms with Crippen molar-refractivity contribution in [1.29, 1.82) is 0 Å². The Morgan fingerprint density at radius 2 is 1.95 bits per heavy atom. The van der Waals surface area contributed by atoms with E-state index in [2.05, 4.69) is 33.6 Å². The predicted octanol–water partition coefficient (Wildman–Crippen LogP) is 1.78. The van der Waals surface area contributed by atoms with Crippen LogP contribution in [-0.4, -0.2) is 54.1 Å². The van der Waals surface area contributed by atoms with E-state index >= 15 is 0 Å². The molecule has 1 saturated heterocycles. The number of aryl methyl sites for hydroxylation is 2. The van der Waals surface area contributed by atoms with Gasteiger partial charge in [-0.2, -0.15) is 0 Å². The summed E-state index contributed by atoms with van der Waals surface area (Å²) in [7, 11) is 0. The molecule has 3 rings (SSSR count). The number of fused-ring (bicyclic) bond motifs is 1. The molecule has 1 aliphatic heterocycles. The van der Waals surface area contributed by atoms with Gasteiger partial charge in [-0.25, -0.2) is 9.97 Å². The molecule has 3 heterocycles. The SMILES string of the molecule is Cc1sc2ncnc(N3CCN(CCCN)CC3)c2c1C. The van der Waals surface area contributed by atoms with Gasteiger partial charge < -0.3 is 10.6 Å². The van der Waals surface area contributed by atoms with Crippen LogP contribution in [0.25, 0.3) is 10.2 Å². The molecule has 114 valence electrons. The van der Waals surface area contributed by atoms with Crippen molar-refractivity contribution in [2.45, 2.75) is 20.3 Å². The molecule has 0 unspecified atom stereocenters. The Labute approximate surface area is 129 Å². The highest BCUT2D eigenvalue weighted by atomic mass is 32.1. The number of nitrogens with zero attached hydrogens (tertiary/aromatic N) is 4. The van der Waals surface area contributed by atoms with Crippen molar-refractivity contribution in [3.05, 3.63) is 16.8 Å². The molecule has 2 N–H and O–H groups in total. The summed E-state index contributed by atoms with van der Waals surface area (Å²) in [6.07, 6.45) is 2.79. The van der Waals surface area contributed by atoms with Crippen LogP contribution in [0.1, 0.15) is 16.9 Å². The van der Waals surface area contributed by atoms with Gasteiger partial charge in [-0.1, -0.05) is 0 Å². The molecule has 1 fully saturated rings. The van der Waals surface area contributed by atoms with E-state index in [0.717, 1.165) is 56.3 Å². The highest BCUT2D eigenvalue weighted by Gasteiger charge is 2.21. The Balaban J connectivity index is 1.79. The Morgan fingerprint density at radius 1 is 1.19 bits per heavy atom. The third-order valence-corrected chi connectivity index (χ3v) is 5.41. The molecule has 5 nitrogen and oxygen atoms in total. The van der Waals surface area contributed by atoms with Gasteiger partial charge in [0, 0.05) is 31.1 Å². The Kier molecular flexibility index (Phi) is 4.37. The van der Waals surface area contributed by atoms with Gasteiger partial charge in [0.2, 0.25) is 0 Å². The second kappa shape index (κ2) is 6.25. The van der Waals surface area contributed by atoms with Crippen molar-refractivity contribution in [1.82, 2.24) is 14.9 Å². The second-order valence-corrected chi connectivity index (χ2v) is 6.83. The Bertz CT molecular complexity index is 616. The van der Waals surface area contributed by atoms with Crippen molar-refractivity contribution in [2.75, 3.05) is 44.2 Å². The first kappa shape index (κ1) is 14.7. The number of hydrogen-bond donors (Lipinski definition) is 1. The van der Waals surface area contributed by atoms with Gasteiger partial charge in [-0.15, -0.1) is 11.3 Å². The fourth-order valence-corrected chi connectivity index (χ4v) is 3.89. The van der Waals surface area contributed by atoms with Gasteiger partial charge >= 0.3 is 0 Å². The molecule has 0 atom stereocenters. The fourth-order valence-electron chi connectivity index (χ4n) is 2.90. The predicted molar refractivity (Wildman–Crippen MR) is 89.2 cm³/mol. The Morgan fingerprint density at radius 3 is 2.67 bits per heavy atom. The minimum Gasteiger partial charge on any atom is -0.353 e. The van der Waals surface area contributed by atoms with E-state index in [1.807, 2.05) is 0 Å². The normalized spacial score (nSPS) is 16.8. The Hall–Kier alpha value is -1.24. The minimum absolute atomic E-state index is 0.778. The molecule has 1 aliphatic rings. The molecule has 0 amide bonds. The summed E-state index contributed by atoms with van der Waals surface area (Å²) >= 11 is 1.77. The molecular weight excluding hydrogens is 282 g/mol. The first-order valence-corrected chi connectivity index (χ1v) is 8.40. The number of thiophene rings is 1. The number of rotatable bonds is 4. The molecule has 0 aromatic carbocycles. The van der Waals surface area contributed by atoms with E-state index in [1.165, 1.54) is 15.8 Å². The van der Waals surface area contributed by atoms with Gasteiger partial charge in [-0.05, 0) is 38.9 Å². The molecule has 2 aromatic heterocycles. The number of hydrogen-bond acceptors (Lipinski definition) is 6. The van der Waals surface area contributed by atoms with Crippen molar-refractivity contribution >= 4 is 27.4 Å². The zero-order chi connectivity index (χ0) is 14.8. The van der Waals surface area contributed by atoms with Crippen LogP contribution < -0.4 is 10.6 Å². The summed E-state index contributed by atoms with van der Waals surface area (Å²) in [5.41, 5.74) is 6.92. The van der Waals surface area contributed by atoms with Crippen LogP contribution in [-0.2, 0) is 0 Å². The topological polar surface area (TPSA) is 58.3 Å². The maximum Gasteiger partial charge on any atom is 0.141 e. The maximum atomic E-state index is 5.59. The second-order valence-electron chi connectivity index (χ2n) is 5.63. The van der Waals surface area contributed by atoms with Crippen LogP contribution in [0, 0.1) is 13.8 Å². The number of piperazine rings is 1. The highest BCUT2D eigenvalue weighted by Crippen LogP contribution is 2.34. The summed E-state index contributed by atoms with van der Waals surface area (Å²) in [5, 5.41) is 1.25. The summed E-state index contributed by atoms with van der Waals surface area (Å²) in [4.78, 5) is 16.4. The summed E-state index contributed by atoms with van der Waals surface area (Å²) in [5.74, 6) is 1.11. The van der Waals surface area contributed by atoms with Crippen LogP contribution in [0.4, 0.5) is 5.82 Å². The lowest BCUT2D eigenvalue weighted by Crippen LogP contribution is -2.47. The average Bonchev–Trinajstić information content (AvgIpc) is 2.81. The minimum atomic E-state index is 0.778. The van der Waals surface area contributed by atoms with E-state index in [0.29, 0.717) is 0 Å². The summed E-state index contributed by atoms with van der Waals surface area (Å²) in [6.45, 7) is 10.5. The third kappa shape index (κ3) is 2.88. The lowest BCUT2D eigenvalue weighted by Gasteiger charge is -2.35. The van der Waals surface area contributed by atoms with Crippen molar-refractivity contribution in [3.63, 3.8) is 0 Å². The van der Waals surface area contributed by atoms with Gasteiger partial charge in [0.1, 0.15) is 17.0 Å². The van der Waals surface area contributed by atoms with Crippen LogP contribution in [0.15, 0.2) is 6.33 Å². The van der Waals surface area contributed by atoms with Crippen molar-refractivity contribution in [3.8, 4) is 0 Å². The molecule has 0 saturated carbocycles. The van der Waals surface area contributed by atoms with Crippen LogP contribution in [0.2, 0.25) is 0 Å².